The van der Waals surface area contributed by atoms with Crippen LogP contribution in [0.4, 0.5) is 0 Å². The van der Waals surface area contributed by atoms with Gasteiger partial charge in [0, 0.05) is 12.8 Å². The quantitative estimate of drug-likeness (QED) is 0.534. The summed E-state index contributed by atoms with van der Waals surface area (Å²) in [5, 5.41) is 18.6. The molecule has 1 rings (SSSR count). The molecule has 1 aromatic rings. The van der Waals surface area contributed by atoms with Crippen LogP contribution in [-0.4, -0.2) is 52.3 Å². The molecule has 0 atom stereocenters. The number of aromatic amines is 1. The molecule has 0 aromatic carbocycles. The second kappa shape index (κ2) is 9.45. The standard InChI is InChI=1S/C16H21NO8/c1-3-24-11(18)7-5-9-10(6-8-12(19)25-4-2)14(16(22)23)17-13(9)15(20)21/h17H,3-8H2,1-2H3,(H,20,21)(H,22,23). The zero-order chi connectivity index (χ0) is 19.0. The lowest BCUT2D eigenvalue weighted by molar-refractivity contribution is -0.144. The van der Waals surface area contributed by atoms with Crippen molar-refractivity contribution in [1.82, 2.24) is 4.98 Å². The van der Waals surface area contributed by atoms with E-state index in [2.05, 4.69) is 4.98 Å². The van der Waals surface area contributed by atoms with E-state index in [1.54, 1.807) is 13.8 Å². The van der Waals surface area contributed by atoms with Gasteiger partial charge in [-0.3, -0.25) is 9.59 Å². The summed E-state index contributed by atoms with van der Waals surface area (Å²) in [5.74, 6) is -3.73. The number of carbonyl (C=O) groups is 4. The lowest BCUT2D eigenvalue weighted by Gasteiger charge is -2.07. The number of nitrogens with one attached hydrogen (secondary N) is 1. The van der Waals surface area contributed by atoms with Crippen molar-refractivity contribution in [2.75, 3.05) is 13.2 Å². The number of H-pyrrole nitrogens is 1. The molecule has 25 heavy (non-hydrogen) atoms. The molecule has 0 bridgehead atoms. The van der Waals surface area contributed by atoms with Crippen molar-refractivity contribution >= 4 is 23.9 Å². The van der Waals surface area contributed by atoms with Gasteiger partial charge < -0.3 is 24.7 Å². The van der Waals surface area contributed by atoms with Crippen LogP contribution in [0.25, 0.3) is 0 Å². The molecule has 0 aliphatic carbocycles. The van der Waals surface area contributed by atoms with E-state index in [9.17, 15) is 29.4 Å². The van der Waals surface area contributed by atoms with E-state index in [-0.39, 0.29) is 61.4 Å². The van der Waals surface area contributed by atoms with Gasteiger partial charge in [0.15, 0.2) is 0 Å². The highest BCUT2D eigenvalue weighted by Crippen LogP contribution is 2.23. The monoisotopic (exact) mass is 355 g/mol. The summed E-state index contributed by atoms with van der Waals surface area (Å²) in [6, 6.07) is 0. The zero-order valence-corrected chi connectivity index (χ0v) is 14.1. The van der Waals surface area contributed by atoms with Gasteiger partial charge in [0.2, 0.25) is 0 Å². The third-order valence-electron chi connectivity index (χ3n) is 3.41. The van der Waals surface area contributed by atoms with E-state index >= 15 is 0 Å². The summed E-state index contributed by atoms with van der Waals surface area (Å²) in [6.45, 7) is 3.66. The molecule has 0 saturated carbocycles. The first kappa shape index (κ1) is 20.2. The molecule has 0 aliphatic rings. The summed E-state index contributed by atoms with van der Waals surface area (Å²) >= 11 is 0. The number of aromatic carboxylic acids is 2. The molecule has 0 unspecified atom stereocenters. The lowest BCUT2D eigenvalue weighted by Crippen LogP contribution is -2.10. The summed E-state index contributed by atoms with van der Waals surface area (Å²) in [7, 11) is 0. The Bertz CT molecular complexity index is 607. The van der Waals surface area contributed by atoms with Crippen molar-refractivity contribution in [3.8, 4) is 0 Å². The van der Waals surface area contributed by atoms with Crippen LogP contribution in [0, 0.1) is 0 Å². The average Bonchev–Trinajstić information content (AvgIpc) is 2.90. The van der Waals surface area contributed by atoms with Gasteiger partial charge in [-0.05, 0) is 37.8 Å². The van der Waals surface area contributed by atoms with Gasteiger partial charge in [-0.15, -0.1) is 0 Å². The van der Waals surface area contributed by atoms with Crippen LogP contribution < -0.4 is 0 Å². The molecule has 3 N–H and O–H groups in total. The van der Waals surface area contributed by atoms with Gasteiger partial charge in [-0.1, -0.05) is 0 Å². The third kappa shape index (κ3) is 5.63. The van der Waals surface area contributed by atoms with Crippen LogP contribution in [0.1, 0.15) is 58.8 Å². The number of aromatic nitrogens is 1. The van der Waals surface area contributed by atoms with Crippen molar-refractivity contribution in [3.63, 3.8) is 0 Å². The Labute approximate surface area is 143 Å². The van der Waals surface area contributed by atoms with Crippen LogP contribution in [0.2, 0.25) is 0 Å². The fraction of sp³-hybridized carbons (Fsp3) is 0.500. The third-order valence-corrected chi connectivity index (χ3v) is 3.41. The van der Waals surface area contributed by atoms with E-state index < -0.39 is 23.9 Å². The maximum absolute atomic E-state index is 11.5. The topological polar surface area (TPSA) is 143 Å². The number of hydrogen-bond donors (Lipinski definition) is 3. The summed E-state index contributed by atoms with van der Waals surface area (Å²) in [6.07, 6.45) is -0.223. The smallest absolute Gasteiger partial charge is 0.352 e. The summed E-state index contributed by atoms with van der Waals surface area (Å²) in [5.41, 5.74) is -0.245. The van der Waals surface area contributed by atoms with E-state index in [0.717, 1.165) is 0 Å². The van der Waals surface area contributed by atoms with Gasteiger partial charge in [-0.2, -0.15) is 0 Å². The number of ether oxygens (including phenoxy) is 2. The molecule has 0 saturated heterocycles. The molecule has 9 heteroatoms. The fourth-order valence-electron chi connectivity index (χ4n) is 2.41. The minimum Gasteiger partial charge on any atom is -0.477 e. The fourth-order valence-corrected chi connectivity index (χ4v) is 2.41. The molecule has 0 fully saturated rings. The highest BCUT2D eigenvalue weighted by atomic mass is 16.5. The Hall–Kier alpha value is -2.84. The predicted molar refractivity (Wildman–Crippen MR) is 84.6 cm³/mol. The number of carbonyl (C=O) groups excluding carboxylic acids is 2. The number of esters is 2. The Kier molecular flexibility index (Phi) is 7.64. The second-order valence-electron chi connectivity index (χ2n) is 5.05. The highest BCUT2D eigenvalue weighted by molar-refractivity contribution is 5.94. The highest BCUT2D eigenvalue weighted by Gasteiger charge is 2.26. The molecular formula is C16H21NO8. The van der Waals surface area contributed by atoms with E-state index in [1.165, 1.54) is 0 Å². The maximum atomic E-state index is 11.5. The number of carboxylic acid groups (broad SMARTS) is 2. The molecule has 1 aromatic heterocycles. The number of rotatable bonds is 10. The predicted octanol–water partition coefficient (Wildman–Crippen LogP) is 1.40. The van der Waals surface area contributed by atoms with Gasteiger partial charge in [0.05, 0.1) is 13.2 Å². The van der Waals surface area contributed by atoms with Crippen LogP contribution in [0.15, 0.2) is 0 Å². The van der Waals surface area contributed by atoms with E-state index in [0.29, 0.717) is 0 Å². The van der Waals surface area contributed by atoms with Gasteiger partial charge in [0.1, 0.15) is 11.4 Å². The van der Waals surface area contributed by atoms with Crippen LogP contribution in [-0.2, 0) is 31.9 Å². The van der Waals surface area contributed by atoms with Crippen molar-refractivity contribution in [3.05, 3.63) is 22.5 Å². The first-order chi connectivity index (χ1) is 11.8. The minimum atomic E-state index is -1.34. The Morgan fingerprint density at radius 3 is 1.44 bits per heavy atom. The number of hydrogen-bond acceptors (Lipinski definition) is 6. The molecule has 0 amide bonds. The van der Waals surface area contributed by atoms with E-state index in [1.807, 2.05) is 0 Å². The lowest BCUT2D eigenvalue weighted by atomic mass is 9.99. The summed E-state index contributed by atoms with van der Waals surface area (Å²) in [4.78, 5) is 48.2. The van der Waals surface area contributed by atoms with E-state index in [4.69, 9.17) is 9.47 Å². The Balaban J connectivity index is 3.14. The first-order valence-corrected chi connectivity index (χ1v) is 7.83. The van der Waals surface area contributed by atoms with Crippen LogP contribution >= 0.6 is 0 Å². The van der Waals surface area contributed by atoms with Crippen LogP contribution in [0.5, 0.6) is 0 Å². The molecule has 0 radical (unpaired) electrons. The number of carboxylic acids is 2. The van der Waals surface area contributed by atoms with Gasteiger partial charge in [-0.25, -0.2) is 9.59 Å². The largest absolute Gasteiger partial charge is 0.477 e. The SMILES string of the molecule is CCOC(=O)CCc1c(C(=O)O)[nH]c(C(=O)O)c1CCC(=O)OCC. The van der Waals surface area contributed by atoms with Crippen LogP contribution in [0.3, 0.4) is 0 Å². The van der Waals surface area contributed by atoms with Crippen molar-refractivity contribution in [2.45, 2.75) is 39.5 Å². The molecular weight excluding hydrogens is 334 g/mol. The Morgan fingerprint density at radius 2 is 1.16 bits per heavy atom. The molecule has 1 heterocycles. The Morgan fingerprint density at radius 1 is 0.800 bits per heavy atom. The van der Waals surface area contributed by atoms with Crippen molar-refractivity contribution < 1.29 is 38.9 Å². The molecule has 0 aliphatic heterocycles. The molecule has 0 spiro atoms. The average molecular weight is 355 g/mol. The van der Waals surface area contributed by atoms with Crippen molar-refractivity contribution in [1.29, 1.82) is 0 Å². The minimum absolute atomic E-state index is 0.0115. The second-order valence-corrected chi connectivity index (χ2v) is 5.05. The van der Waals surface area contributed by atoms with Crippen molar-refractivity contribution in [2.24, 2.45) is 0 Å². The normalized spacial score (nSPS) is 10.3. The summed E-state index contributed by atoms with van der Waals surface area (Å²) < 4.78 is 9.60. The van der Waals surface area contributed by atoms with Gasteiger partial charge >= 0.3 is 23.9 Å². The van der Waals surface area contributed by atoms with Gasteiger partial charge in [0.25, 0.3) is 0 Å². The zero-order valence-electron chi connectivity index (χ0n) is 14.1. The molecule has 9 nitrogen and oxygen atoms in total. The first-order valence-electron chi connectivity index (χ1n) is 7.83. The molecule has 138 valence electrons. The maximum Gasteiger partial charge on any atom is 0.352 e.